The summed E-state index contributed by atoms with van der Waals surface area (Å²) in [7, 11) is -1.84. The molecule has 0 saturated heterocycles. The summed E-state index contributed by atoms with van der Waals surface area (Å²) in [6, 6.07) is 17.9. The van der Waals surface area contributed by atoms with Crippen LogP contribution in [0.15, 0.2) is 54.6 Å². The maximum Gasteiger partial charge on any atom is 0.250 e. The fraction of sp³-hybridized carbons (Fsp3) is 0.400. The van der Waals surface area contributed by atoms with Gasteiger partial charge in [0, 0.05) is 6.42 Å². The van der Waals surface area contributed by atoms with Crippen molar-refractivity contribution in [2.75, 3.05) is 0 Å². The van der Waals surface area contributed by atoms with Crippen LogP contribution in [0.3, 0.4) is 0 Å². The third-order valence-corrected chi connectivity index (χ3v) is 9.05. The van der Waals surface area contributed by atoms with E-state index in [0.29, 0.717) is 6.42 Å². The highest BCUT2D eigenvalue weighted by Crippen LogP contribution is 2.37. The minimum absolute atomic E-state index is 0.173. The molecule has 0 bridgehead atoms. The highest BCUT2D eigenvalue weighted by molar-refractivity contribution is 6.74. The van der Waals surface area contributed by atoms with Gasteiger partial charge < -0.3 is 9.53 Å². The summed E-state index contributed by atoms with van der Waals surface area (Å²) < 4.78 is 6.35. The molecule has 2 rings (SSSR count). The van der Waals surface area contributed by atoms with Gasteiger partial charge in [-0.25, -0.2) is 0 Å². The summed E-state index contributed by atoms with van der Waals surface area (Å²) in [6.45, 7) is 11.2. The van der Waals surface area contributed by atoms with Crippen molar-refractivity contribution in [1.29, 1.82) is 0 Å². The number of hydrogen-bond donors (Lipinski definition) is 1. The van der Waals surface area contributed by atoms with Crippen LogP contribution in [0.1, 0.15) is 38.0 Å². The number of aliphatic hydroxyl groups is 1. The molecule has 0 fully saturated rings. The van der Waals surface area contributed by atoms with E-state index in [2.05, 4.69) is 39.9 Å². The van der Waals surface area contributed by atoms with Gasteiger partial charge in [-0.15, -0.1) is 0 Å². The Bertz CT molecular complexity index is 630. The van der Waals surface area contributed by atoms with Gasteiger partial charge in [0.2, 0.25) is 8.32 Å². The highest BCUT2D eigenvalue weighted by atomic mass is 28.4. The number of aliphatic hydroxyl groups excluding tert-OH is 1. The molecule has 23 heavy (non-hydrogen) atoms. The molecule has 124 valence electrons. The lowest BCUT2D eigenvalue weighted by Gasteiger charge is -2.36. The standard InChI is InChI=1S/C20H28O2Si/c1-20(2,3)23(4,5)22-18-13-9-10-16(14-18)15-19(21)17-11-7-6-8-12-17/h6-14,19,21H,15H2,1-5H3. The van der Waals surface area contributed by atoms with Crippen molar-refractivity contribution in [2.24, 2.45) is 0 Å². The second-order valence-electron chi connectivity index (χ2n) is 7.64. The predicted octanol–water partition coefficient (Wildman–Crippen LogP) is 5.35. The Morgan fingerprint density at radius 3 is 2.26 bits per heavy atom. The van der Waals surface area contributed by atoms with Crippen LogP contribution in [0.2, 0.25) is 18.1 Å². The second kappa shape index (κ2) is 6.89. The van der Waals surface area contributed by atoms with E-state index >= 15 is 0 Å². The lowest BCUT2D eigenvalue weighted by molar-refractivity contribution is 0.178. The summed E-state index contributed by atoms with van der Waals surface area (Å²) in [6.07, 6.45) is 0.109. The van der Waals surface area contributed by atoms with Gasteiger partial charge in [-0.1, -0.05) is 63.2 Å². The van der Waals surface area contributed by atoms with Crippen molar-refractivity contribution < 1.29 is 9.53 Å². The average molecular weight is 329 g/mol. The van der Waals surface area contributed by atoms with Crippen molar-refractivity contribution in [3.05, 3.63) is 65.7 Å². The first kappa shape index (κ1) is 17.8. The van der Waals surface area contributed by atoms with Gasteiger partial charge in [-0.2, -0.15) is 0 Å². The molecule has 1 unspecified atom stereocenters. The molecule has 0 aliphatic rings. The fourth-order valence-electron chi connectivity index (χ4n) is 2.20. The quantitative estimate of drug-likeness (QED) is 0.750. The molecular formula is C20H28O2Si. The molecule has 0 radical (unpaired) electrons. The summed E-state index contributed by atoms with van der Waals surface area (Å²) in [5, 5.41) is 10.6. The Hall–Kier alpha value is -1.58. The summed E-state index contributed by atoms with van der Waals surface area (Å²) >= 11 is 0. The van der Waals surface area contributed by atoms with Gasteiger partial charge >= 0.3 is 0 Å². The molecule has 1 atom stereocenters. The maximum atomic E-state index is 10.4. The third kappa shape index (κ3) is 4.69. The smallest absolute Gasteiger partial charge is 0.250 e. The van der Waals surface area contributed by atoms with Gasteiger partial charge in [-0.05, 0) is 41.4 Å². The van der Waals surface area contributed by atoms with Crippen molar-refractivity contribution in [3.8, 4) is 5.75 Å². The van der Waals surface area contributed by atoms with E-state index < -0.39 is 14.4 Å². The highest BCUT2D eigenvalue weighted by Gasteiger charge is 2.38. The van der Waals surface area contributed by atoms with E-state index in [-0.39, 0.29) is 5.04 Å². The molecule has 0 aromatic heterocycles. The molecule has 0 amide bonds. The van der Waals surface area contributed by atoms with E-state index in [4.69, 9.17) is 4.43 Å². The predicted molar refractivity (Wildman–Crippen MR) is 99.4 cm³/mol. The summed E-state index contributed by atoms with van der Waals surface area (Å²) in [5.74, 6) is 0.911. The van der Waals surface area contributed by atoms with Crippen LogP contribution in [-0.4, -0.2) is 13.4 Å². The first-order chi connectivity index (χ1) is 10.7. The van der Waals surface area contributed by atoms with Crippen LogP contribution >= 0.6 is 0 Å². The SMILES string of the molecule is CC(C)(C)[Si](C)(C)Oc1cccc(CC(O)c2ccccc2)c1. The van der Waals surface area contributed by atoms with Crippen molar-refractivity contribution in [2.45, 2.75) is 51.4 Å². The van der Waals surface area contributed by atoms with E-state index in [1.54, 1.807) is 0 Å². The van der Waals surface area contributed by atoms with Gasteiger partial charge in [-0.3, -0.25) is 0 Å². The number of benzene rings is 2. The normalized spacial score (nSPS) is 13.7. The minimum atomic E-state index is -1.84. The first-order valence-electron chi connectivity index (χ1n) is 8.20. The van der Waals surface area contributed by atoms with Crippen molar-refractivity contribution in [1.82, 2.24) is 0 Å². The van der Waals surface area contributed by atoms with E-state index in [9.17, 15) is 5.11 Å². The Balaban J connectivity index is 2.11. The zero-order valence-electron chi connectivity index (χ0n) is 14.8. The van der Waals surface area contributed by atoms with Gasteiger partial charge in [0.25, 0.3) is 0 Å². The molecule has 0 aliphatic carbocycles. The largest absolute Gasteiger partial charge is 0.543 e. The van der Waals surface area contributed by atoms with Gasteiger partial charge in [0.1, 0.15) is 5.75 Å². The molecule has 1 N–H and O–H groups in total. The van der Waals surface area contributed by atoms with Crippen LogP contribution in [0, 0.1) is 0 Å². The van der Waals surface area contributed by atoms with Crippen LogP contribution in [0.25, 0.3) is 0 Å². The van der Waals surface area contributed by atoms with Crippen LogP contribution < -0.4 is 4.43 Å². The average Bonchev–Trinajstić information content (AvgIpc) is 2.47. The Labute approximate surface area is 141 Å². The molecule has 0 spiro atoms. The van der Waals surface area contributed by atoms with Crippen molar-refractivity contribution >= 4 is 8.32 Å². The zero-order valence-corrected chi connectivity index (χ0v) is 15.8. The third-order valence-electron chi connectivity index (χ3n) is 4.69. The summed E-state index contributed by atoms with van der Waals surface area (Å²) in [4.78, 5) is 0. The molecule has 2 aromatic rings. The van der Waals surface area contributed by atoms with Crippen LogP contribution in [-0.2, 0) is 6.42 Å². The van der Waals surface area contributed by atoms with Crippen LogP contribution in [0.5, 0.6) is 5.75 Å². The monoisotopic (exact) mass is 328 g/mol. The molecule has 0 heterocycles. The lowest BCUT2D eigenvalue weighted by atomic mass is 10.0. The maximum absolute atomic E-state index is 10.4. The minimum Gasteiger partial charge on any atom is -0.543 e. The Morgan fingerprint density at radius 2 is 1.65 bits per heavy atom. The van der Waals surface area contributed by atoms with Gasteiger partial charge in [0.05, 0.1) is 6.10 Å². The van der Waals surface area contributed by atoms with Crippen LogP contribution in [0.4, 0.5) is 0 Å². The molecule has 0 aliphatic heterocycles. The van der Waals surface area contributed by atoms with E-state index in [0.717, 1.165) is 16.9 Å². The molecular weight excluding hydrogens is 300 g/mol. The zero-order chi connectivity index (χ0) is 17.1. The second-order valence-corrected chi connectivity index (χ2v) is 12.4. The topological polar surface area (TPSA) is 29.5 Å². The van der Waals surface area contributed by atoms with Gasteiger partial charge in [0.15, 0.2) is 0 Å². The molecule has 3 heteroatoms. The lowest BCUT2D eigenvalue weighted by Crippen LogP contribution is -2.43. The number of hydrogen-bond acceptors (Lipinski definition) is 2. The number of rotatable bonds is 5. The molecule has 0 saturated carbocycles. The first-order valence-corrected chi connectivity index (χ1v) is 11.1. The molecule has 2 aromatic carbocycles. The van der Waals surface area contributed by atoms with E-state index in [1.807, 2.05) is 48.5 Å². The van der Waals surface area contributed by atoms with Crippen molar-refractivity contribution in [3.63, 3.8) is 0 Å². The Kier molecular flexibility index (Phi) is 5.32. The van der Waals surface area contributed by atoms with E-state index in [1.165, 1.54) is 0 Å². The fourth-order valence-corrected chi connectivity index (χ4v) is 3.22. The summed E-state index contributed by atoms with van der Waals surface area (Å²) in [5.41, 5.74) is 2.04. The Morgan fingerprint density at radius 1 is 1.00 bits per heavy atom. The molecule has 2 nitrogen and oxygen atoms in total.